The second-order valence-corrected chi connectivity index (χ2v) is 9.02. The molecule has 0 aliphatic carbocycles. The van der Waals surface area contributed by atoms with Crippen LogP contribution in [0.5, 0.6) is 11.5 Å². The van der Waals surface area contributed by atoms with Gasteiger partial charge in [0.15, 0.2) is 5.78 Å². The molecule has 0 bridgehead atoms. The van der Waals surface area contributed by atoms with Crippen LogP contribution in [0.15, 0.2) is 48.5 Å². The van der Waals surface area contributed by atoms with Gasteiger partial charge >= 0.3 is 5.97 Å². The van der Waals surface area contributed by atoms with Crippen molar-refractivity contribution in [3.8, 4) is 11.5 Å². The average molecular weight is 513 g/mol. The maximum Gasteiger partial charge on any atom is 0.335 e. The molecule has 1 heterocycles. The van der Waals surface area contributed by atoms with Crippen molar-refractivity contribution in [3.05, 3.63) is 70.8 Å². The molecule has 10 nitrogen and oxygen atoms in total. The fraction of sp³-hybridized carbons (Fsp3) is 0.333. The lowest BCUT2D eigenvalue weighted by Gasteiger charge is -2.39. The fourth-order valence-corrected chi connectivity index (χ4v) is 4.51. The van der Waals surface area contributed by atoms with Gasteiger partial charge in [-0.05, 0) is 42.0 Å². The van der Waals surface area contributed by atoms with Crippen molar-refractivity contribution >= 4 is 22.5 Å². The number of carboxylic acid groups (broad SMARTS) is 1. The van der Waals surface area contributed by atoms with Crippen molar-refractivity contribution in [3.63, 3.8) is 0 Å². The van der Waals surface area contributed by atoms with Gasteiger partial charge in [-0.1, -0.05) is 36.4 Å². The largest absolute Gasteiger partial charge is 0.506 e. The van der Waals surface area contributed by atoms with Gasteiger partial charge in [0.1, 0.15) is 35.9 Å². The molecule has 3 aromatic rings. The molecule has 1 aliphatic heterocycles. The molecule has 37 heavy (non-hydrogen) atoms. The minimum atomic E-state index is -1.76. The maximum absolute atomic E-state index is 13.1. The molecule has 4 rings (SSSR count). The first-order valence-corrected chi connectivity index (χ1v) is 11.7. The lowest BCUT2D eigenvalue weighted by molar-refractivity contribution is -0.277. The van der Waals surface area contributed by atoms with E-state index in [-0.39, 0.29) is 39.9 Å². The van der Waals surface area contributed by atoms with E-state index in [4.69, 9.17) is 9.47 Å². The van der Waals surface area contributed by atoms with Gasteiger partial charge < -0.3 is 40.1 Å². The molecular weight excluding hydrogens is 484 g/mol. The molecule has 1 aliphatic rings. The summed E-state index contributed by atoms with van der Waals surface area (Å²) in [7, 11) is 0. The summed E-state index contributed by atoms with van der Waals surface area (Å²) in [5.74, 6) is -2.28. The molecule has 10 heteroatoms. The SMILES string of the molecule is Cc1cc2cc(C(=O)O)cc(O[C@H]3O[C@H](CO)[C@@H](O)[C@H](O)[C@H]3O)c2c(O)c1C(=O)CCc1ccccc1. The van der Waals surface area contributed by atoms with Crippen molar-refractivity contribution in [1.82, 2.24) is 0 Å². The molecular formula is C27H28O10. The van der Waals surface area contributed by atoms with Gasteiger partial charge in [-0.25, -0.2) is 4.79 Å². The Bertz CT molecular complexity index is 1300. The van der Waals surface area contributed by atoms with Crippen LogP contribution in [0.3, 0.4) is 0 Å². The molecule has 5 atom stereocenters. The third-order valence-electron chi connectivity index (χ3n) is 6.47. The lowest BCUT2D eigenvalue weighted by Crippen LogP contribution is -2.60. The number of ketones is 1. The third kappa shape index (κ3) is 5.29. The van der Waals surface area contributed by atoms with Crippen LogP contribution >= 0.6 is 0 Å². The zero-order chi connectivity index (χ0) is 26.9. The number of aliphatic hydroxyl groups is 4. The van der Waals surface area contributed by atoms with E-state index in [1.165, 1.54) is 6.07 Å². The van der Waals surface area contributed by atoms with Crippen LogP contribution in [0.2, 0.25) is 0 Å². The van der Waals surface area contributed by atoms with Crippen molar-refractivity contribution in [2.24, 2.45) is 0 Å². The molecule has 196 valence electrons. The third-order valence-corrected chi connectivity index (χ3v) is 6.47. The van der Waals surface area contributed by atoms with Crippen molar-refractivity contribution in [2.75, 3.05) is 6.61 Å². The standard InChI is InChI=1S/C27H28O10/c1-13-9-15-10-16(26(34)35)11-18(36-27-25(33)24(32)22(30)19(12-28)37-27)21(15)23(31)20(13)17(29)8-7-14-5-3-2-4-6-14/h2-6,9-11,19,22,24-25,27-28,30-33H,7-8,12H2,1H3,(H,34,35)/t19-,22-,24+,25-,27+/m1/s1. The minimum Gasteiger partial charge on any atom is -0.506 e. The van der Waals surface area contributed by atoms with E-state index >= 15 is 0 Å². The second-order valence-electron chi connectivity index (χ2n) is 9.02. The number of carbonyl (C=O) groups is 2. The van der Waals surface area contributed by atoms with Crippen molar-refractivity contribution < 1.29 is 49.7 Å². The molecule has 6 N–H and O–H groups in total. The summed E-state index contributed by atoms with van der Waals surface area (Å²) in [5, 5.41) is 61.0. The Morgan fingerprint density at radius 3 is 2.35 bits per heavy atom. The molecule has 1 saturated heterocycles. The number of ether oxygens (including phenoxy) is 2. The Hall–Kier alpha value is -3.54. The van der Waals surface area contributed by atoms with E-state index in [1.807, 2.05) is 30.3 Å². The molecule has 1 fully saturated rings. The quantitative estimate of drug-likeness (QED) is 0.243. The van der Waals surface area contributed by atoms with E-state index in [2.05, 4.69) is 0 Å². The molecule has 0 aromatic heterocycles. The number of carboxylic acids is 1. The number of benzene rings is 3. The summed E-state index contributed by atoms with van der Waals surface area (Å²) in [4.78, 5) is 24.9. The van der Waals surface area contributed by atoms with Crippen molar-refractivity contribution in [2.45, 2.75) is 50.5 Å². The highest BCUT2D eigenvalue weighted by atomic mass is 16.7. The minimum absolute atomic E-state index is 0.00983. The molecule has 3 aromatic carbocycles. The first kappa shape index (κ1) is 26.5. The van der Waals surface area contributed by atoms with Crippen LogP contribution in [0.25, 0.3) is 10.8 Å². The number of fused-ring (bicyclic) bond motifs is 1. The Morgan fingerprint density at radius 1 is 1.00 bits per heavy atom. The van der Waals surface area contributed by atoms with Crippen LogP contribution in [0.1, 0.15) is 38.3 Å². The average Bonchev–Trinajstić information content (AvgIpc) is 2.87. The Morgan fingerprint density at radius 2 is 1.70 bits per heavy atom. The van der Waals surface area contributed by atoms with Gasteiger partial charge in [0.2, 0.25) is 6.29 Å². The number of aryl methyl sites for hydroxylation is 2. The highest BCUT2D eigenvalue weighted by Gasteiger charge is 2.45. The van der Waals surface area contributed by atoms with Gasteiger partial charge in [-0.2, -0.15) is 0 Å². The number of rotatable bonds is 8. The van der Waals surface area contributed by atoms with E-state index in [9.17, 15) is 40.2 Å². The number of Topliss-reactive ketones (excluding diaryl/α,β-unsaturated/α-hetero) is 1. The van der Waals surface area contributed by atoms with Crippen LogP contribution in [0, 0.1) is 6.92 Å². The van der Waals surface area contributed by atoms with Crippen molar-refractivity contribution in [1.29, 1.82) is 0 Å². The molecule has 0 saturated carbocycles. The number of aromatic hydroxyl groups is 1. The summed E-state index contributed by atoms with van der Waals surface area (Å²) in [5.41, 5.74) is 1.23. The van der Waals surface area contributed by atoms with Gasteiger partial charge in [0.25, 0.3) is 0 Å². The van der Waals surface area contributed by atoms with Crippen LogP contribution < -0.4 is 4.74 Å². The molecule has 0 unspecified atom stereocenters. The number of hydrogen-bond donors (Lipinski definition) is 6. The Labute approximate surface area is 211 Å². The number of phenols is 1. The fourth-order valence-electron chi connectivity index (χ4n) is 4.51. The number of carbonyl (C=O) groups excluding carboxylic acids is 1. The summed E-state index contributed by atoms with van der Waals surface area (Å²) >= 11 is 0. The highest BCUT2D eigenvalue weighted by Crippen LogP contribution is 2.41. The summed E-state index contributed by atoms with van der Waals surface area (Å²) in [6.45, 7) is 0.936. The first-order valence-electron chi connectivity index (χ1n) is 11.7. The van der Waals surface area contributed by atoms with Gasteiger partial charge in [0, 0.05) is 6.42 Å². The van der Waals surface area contributed by atoms with Crippen LogP contribution in [-0.2, 0) is 11.2 Å². The molecule has 0 spiro atoms. The Kier molecular flexibility index (Phi) is 7.76. The topological polar surface area (TPSA) is 174 Å². The zero-order valence-electron chi connectivity index (χ0n) is 19.9. The van der Waals surface area contributed by atoms with E-state index in [1.54, 1.807) is 13.0 Å². The Balaban J connectivity index is 1.76. The normalized spacial score (nSPS) is 23.6. The number of phenolic OH excluding ortho intramolecular Hbond substituents is 1. The lowest BCUT2D eigenvalue weighted by atomic mass is 9.93. The van der Waals surface area contributed by atoms with Gasteiger partial charge in [-0.3, -0.25) is 4.79 Å². The number of hydrogen-bond acceptors (Lipinski definition) is 9. The van der Waals surface area contributed by atoms with Crippen LogP contribution in [-0.4, -0.2) is 79.7 Å². The summed E-state index contributed by atoms with van der Waals surface area (Å²) in [6, 6.07) is 13.3. The van der Waals surface area contributed by atoms with Gasteiger partial charge in [-0.15, -0.1) is 0 Å². The monoisotopic (exact) mass is 512 g/mol. The maximum atomic E-state index is 13.1. The smallest absolute Gasteiger partial charge is 0.335 e. The van der Waals surface area contributed by atoms with E-state index in [0.29, 0.717) is 12.0 Å². The second kappa shape index (κ2) is 10.8. The summed E-state index contributed by atoms with van der Waals surface area (Å²) < 4.78 is 11.1. The van der Waals surface area contributed by atoms with E-state index < -0.39 is 49.0 Å². The zero-order valence-corrected chi connectivity index (χ0v) is 19.9. The van der Waals surface area contributed by atoms with E-state index in [0.717, 1.165) is 11.6 Å². The van der Waals surface area contributed by atoms with Crippen LogP contribution in [0.4, 0.5) is 0 Å². The number of aromatic carboxylic acids is 1. The highest BCUT2D eigenvalue weighted by molar-refractivity contribution is 6.09. The predicted octanol–water partition coefficient (Wildman–Crippen LogP) is 1.55. The predicted molar refractivity (Wildman–Crippen MR) is 131 cm³/mol. The first-order chi connectivity index (χ1) is 17.6. The van der Waals surface area contributed by atoms with Gasteiger partial charge in [0.05, 0.1) is 23.1 Å². The molecule has 0 radical (unpaired) electrons. The summed E-state index contributed by atoms with van der Waals surface area (Å²) in [6.07, 6.45) is -7.43. The number of aliphatic hydroxyl groups excluding tert-OH is 4. The molecule has 0 amide bonds.